The molecule has 6 heteroatoms. The number of nitrogens with zero attached hydrogens (tertiary/aromatic N) is 1. The van der Waals surface area contributed by atoms with Gasteiger partial charge >= 0.3 is 0 Å². The van der Waals surface area contributed by atoms with Gasteiger partial charge in [-0.25, -0.2) is 0 Å². The predicted octanol–water partition coefficient (Wildman–Crippen LogP) is 3.56. The summed E-state index contributed by atoms with van der Waals surface area (Å²) < 4.78 is 0. The number of amides is 1. The normalized spacial score (nSPS) is 20.5. The van der Waals surface area contributed by atoms with Gasteiger partial charge in [-0.15, -0.1) is 24.8 Å². The quantitative estimate of drug-likeness (QED) is 0.714. The van der Waals surface area contributed by atoms with Crippen molar-refractivity contribution in [1.82, 2.24) is 15.5 Å². The van der Waals surface area contributed by atoms with Gasteiger partial charge in [0.25, 0.3) is 0 Å². The summed E-state index contributed by atoms with van der Waals surface area (Å²) in [4.78, 5) is 15.1. The van der Waals surface area contributed by atoms with E-state index < -0.39 is 0 Å². The Morgan fingerprint density at radius 3 is 2.32 bits per heavy atom. The predicted molar refractivity (Wildman–Crippen MR) is 110 cm³/mol. The maximum Gasteiger partial charge on any atom is 0.240 e. The Morgan fingerprint density at radius 1 is 1.20 bits per heavy atom. The van der Waals surface area contributed by atoms with Crippen LogP contribution in [-0.4, -0.2) is 42.5 Å². The van der Waals surface area contributed by atoms with E-state index >= 15 is 0 Å². The topological polar surface area (TPSA) is 44.4 Å². The largest absolute Gasteiger partial charge is 0.353 e. The minimum absolute atomic E-state index is 0. The van der Waals surface area contributed by atoms with Crippen LogP contribution in [0.25, 0.3) is 0 Å². The second-order valence-corrected chi connectivity index (χ2v) is 6.32. The van der Waals surface area contributed by atoms with E-state index in [1.165, 1.54) is 5.56 Å². The van der Waals surface area contributed by atoms with Gasteiger partial charge in [0.2, 0.25) is 5.91 Å². The number of benzene rings is 1. The lowest BCUT2D eigenvalue weighted by atomic mass is 9.93. The summed E-state index contributed by atoms with van der Waals surface area (Å²) >= 11 is 0. The van der Waals surface area contributed by atoms with E-state index in [0.717, 1.165) is 38.9 Å². The Morgan fingerprint density at radius 2 is 1.84 bits per heavy atom. The summed E-state index contributed by atoms with van der Waals surface area (Å²) in [5.41, 5.74) is 0.909. The number of likely N-dealkylation sites (N-methyl/N-ethyl adjacent to an activating group) is 1. The lowest BCUT2D eigenvalue weighted by molar-refractivity contribution is -0.127. The van der Waals surface area contributed by atoms with Gasteiger partial charge in [-0.1, -0.05) is 51.1 Å². The van der Waals surface area contributed by atoms with Crippen molar-refractivity contribution in [2.75, 3.05) is 26.2 Å². The van der Waals surface area contributed by atoms with Crippen molar-refractivity contribution in [3.63, 3.8) is 0 Å². The van der Waals surface area contributed by atoms with Crippen LogP contribution in [-0.2, 0) is 4.79 Å². The fraction of sp³-hybridized carbons (Fsp3) is 0.632. The highest BCUT2D eigenvalue weighted by molar-refractivity contribution is 5.86. The molecule has 2 atom stereocenters. The molecule has 0 saturated carbocycles. The minimum Gasteiger partial charge on any atom is -0.353 e. The van der Waals surface area contributed by atoms with Gasteiger partial charge in [0.15, 0.2) is 0 Å². The van der Waals surface area contributed by atoms with Gasteiger partial charge < -0.3 is 10.6 Å². The molecular weight excluding hydrogens is 357 g/mol. The third-order valence-corrected chi connectivity index (χ3v) is 5.18. The standard InChI is InChI=1S/C19H31N3O.2ClH/c1-4-19(13-10-14-21-19)18(23)20-15-17(22(5-2)6-3)16-11-8-7-9-12-16;;/h7-9,11-12,17,21H,4-6,10,13-15H2,1-3H3,(H,20,23);2*1H. The smallest absolute Gasteiger partial charge is 0.240 e. The van der Waals surface area contributed by atoms with Crippen LogP contribution in [0, 0.1) is 0 Å². The lowest BCUT2D eigenvalue weighted by Crippen LogP contribution is -2.54. The van der Waals surface area contributed by atoms with Gasteiger partial charge in [0.1, 0.15) is 0 Å². The molecule has 144 valence electrons. The van der Waals surface area contributed by atoms with Crippen molar-refractivity contribution in [2.24, 2.45) is 0 Å². The molecule has 0 spiro atoms. The number of carbonyl (C=O) groups is 1. The Hall–Kier alpha value is -0.810. The highest BCUT2D eigenvalue weighted by atomic mass is 35.5. The molecule has 2 rings (SSSR count). The fourth-order valence-electron chi connectivity index (χ4n) is 3.62. The highest BCUT2D eigenvalue weighted by Crippen LogP contribution is 2.24. The van der Waals surface area contributed by atoms with Crippen LogP contribution in [0.1, 0.15) is 51.6 Å². The van der Waals surface area contributed by atoms with Gasteiger partial charge in [0.05, 0.1) is 11.6 Å². The Labute approximate surface area is 164 Å². The number of carbonyl (C=O) groups excluding carboxylic acids is 1. The molecule has 25 heavy (non-hydrogen) atoms. The molecule has 1 aromatic rings. The summed E-state index contributed by atoms with van der Waals surface area (Å²) in [6, 6.07) is 10.7. The summed E-state index contributed by atoms with van der Waals surface area (Å²) in [7, 11) is 0. The summed E-state index contributed by atoms with van der Waals surface area (Å²) in [5, 5.41) is 6.64. The molecule has 2 N–H and O–H groups in total. The molecule has 0 bridgehead atoms. The van der Waals surface area contributed by atoms with Crippen molar-refractivity contribution in [3.05, 3.63) is 35.9 Å². The van der Waals surface area contributed by atoms with Crippen LogP contribution >= 0.6 is 24.8 Å². The Balaban J connectivity index is 0.00000288. The van der Waals surface area contributed by atoms with Crippen LogP contribution in [0.3, 0.4) is 0 Å². The molecule has 1 saturated heterocycles. The van der Waals surface area contributed by atoms with Gasteiger partial charge in [0, 0.05) is 6.54 Å². The zero-order valence-corrected chi connectivity index (χ0v) is 17.2. The first-order valence-corrected chi connectivity index (χ1v) is 8.99. The Bertz CT molecular complexity index is 489. The third-order valence-electron chi connectivity index (χ3n) is 5.18. The van der Waals surface area contributed by atoms with E-state index in [4.69, 9.17) is 0 Å². The molecular formula is C19H33Cl2N3O. The van der Waals surface area contributed by atoms with Crippen LogP contribution in [0.4, 0.5) is 0 Å². The molecule has 1 aromatic carbocycles. The first-order chi connectivity index (χ1) is 11.2. The monoisotopic (exact) mass is 389 g/mol. The molecule has 1 amide bonds. The number of hydrogen-bond donors (Lipinski definition) is 2. The van der Waals surface area contributed by atoms with Gasteiger partial charge in [-0.2, -0.15) is 0 Å². The van der Waals surface area contributed by atoms with E-state index in [0.29, 0.717) is 6.54 Å². The molecule has 2 unspecified atom stereocenters. The molecule has 0 aromatic heterocycles. The fourth-order valence-corrected chi connectivity index (χ4v) is 3.62. The van der Waals surface area contributed by atoms with E-state index in [2.05, 4.69) is 60.6 Å². The molecule has 1 aliphatic rings. The number of rotatable bonds is 8. The second-order valence-electron chi connectivity index (χ2n) is 6.32. The van der Waals surface area contributed by atoms with Crippen molar-refractivity contribution < 1.29 is 4.79 Å². The van der Waals surface area contributed by atoms with Gasteiger partial charge in [-0.05, 0) is 44.5 Å². The number of nitrogens with one attached hydrogen (secondary N) is 2. The maximum atomic E-state index is 12.7. The molecule has 4 nitrogen and oxygen atoms in total. The van der Waals surface area contributed by atoms with E-state index in [9.17, 15) is 4.79 Å². The zero-order chi connectivity index (χ0) is 16.7. The van der Waals surface area contributed by atoms with Crippen LogP contribution < -0.4 is 10.6 Å². The van der Waals surface area contributed by atoms with Crippen LogP contribution in [0.2, 0.25) is 0 Å². The first-order valence-electron chi connectivity index (χ1n) is 8.99. The van der Waals surface area contributed by atoms with E-state index in [-0.39, 0.29) is 42.3 Å². The summed E-state index contributed by atoms with van der Waals surface area (Å²) in [6.45, 7) is 10.00. The molecule has 1 fully saturated rings. The molecule has 1 heterocycles. The van der Waals surface area contributed by atoms with Crippen LogP contribution in [0.15, 0.2) is 30.3 Å². The van der Waals surface area contributed by atoms with E-state index in [1.54, 1.807) is 0 Å². The van der Waals surface area contributed by atoms with Crippen molar-refractivity contribution in [3.8, 4) is 0 Å². The molecule has 1 aliphatic heterocycles. The zero-order valence-electron chi connectivity index (χ0n) is 15.6. The number of halogens is 2. The highest BCUT2D eigenvalue weighted by Gasteiger charge is 2.39. The van der Waals surface area contributed by atoms with Crippen molar-refractivity contribution in [1.29, 1.82) is 0 Å². The van der Waals surface area contributed by atoms with Crippen molar-refractivity contribution in [2.45, 2.75) is 51.6 Å². The SMILES string of the molecule is CCN(CC)C(CNC(=O)C1(CC)CCCN1)c1ccccc1.Cl.Cl. The second kappa shape index (κ2) is 11.7. The average molecular weight is 390 g/mol. The minimum atomic E-state index is -0.357. The van der Waals surface area contributed by atoms with Crippen LogP contribution in [0.5, 0.6) is 0 Å². The van der Waals surface area contributed by atoms with Crippen molar-refractivity contribution >= 4 is 30.7 Å². The van der Waals surface area contributed by atoms with E-state index in [1.807, 2.05) is 6.07 Å². The maximum absolute atomic E-state index is 12.7. The Kier molecular flexibility index (Phi) is 11.4. The van der Waals surface area contributed by atoms with Gasteiger partial charge in [-0.3, -0.25) is 9.69 Å². The summed E-state index contributed by atoms with van der Waals surface area (Å²) in [5.74, 6) is 0.158. The molecule has 0 aliphatic carbocycles. The third kappa shape index (κ3) is 5.85. The average Bonchev–Trinajstić information content (AvgIpc) is 3.09. The lowest BCUT2D eigenvalue weighted by Gasteiger charge is -2.32. The summed E-state index contributed by atoms with van der Waals surface area (Å²) in [6.07, 6.45) is 2.87. The first kappa shape index (κ1) is 24.2. The molecule has 0 radical (unpaired) electrons. The number of hydrogen-bond acceptors (Lipinski definition) is 3.